The zero-order valence-corrected chi connectivity index (χ0v) is 16.4. The average molecular weight is 397 g/mol. The molecule has 138 valence electrons. The number of hydrogen-bond acceptors (Lipinski definition) is 5. The maximum Gasteiger partial charge on any atom is 0.251 e. The smallest absolute Gasteiger partial charge is 0.251 e. The summed E-state index contributed by atoms with van der Waals surface area (Å²) in [7, 11) is 0. The largest absolute Gasteiger partial charge is 0.349 e. The van der Waals surface area contributed by atoms with E-state index in [2.05, 4.69) is 26.7 Å². The van der Waals surface area contributed by atoms with Gasteiger partial charge in [0, 0.05) is 23.9 Å². The fourth-order valence-electron chi connectivity index (χ4n) is 2.78. The number of carbonyl (C=O) groups excluding carboxylic acids is 1. The molecule has 2 aromatic heterocycles. The zero-order chi connectivity index (χ0) is 18.6. The van der Waals surface area contributed by atoms with Gasteiger partial charge in [-0.25, -0.2) is 0 Å². The molecule has 1 saturated carbocycles. The Labute approximate surface area is 166 Å². The number of thiophene rings is 1. The van der Waals surface area contributed by atoms with E-state index < -0.39 is 0 Å². The normalized spacial score (nSPS) is 13.5. The molecule has 4 rings (SSSR count). The van der Waals surface area contributed by atoms with E-state index in [9.17, 15) is 4.79 Å². The molecular weight excluding hydrogens is 376 g/mol. The van der Waals surface area contributed by atoms with Crippen LogP contribution in [0.3, 0.4) is 0 Å². The molecule has 0 spiro atoms. The molecule has 7 heteroatoms. The Morgan fingerprint density at radius 3 is 2.89 bits per heavy atom. The molecule has 0 saturated heterocycles. The van der Waals surface area contributed by atoms with E-state index in [-0.39, 0.29) is 5.91 Å². The van der Waals surface area contributed by atoms with Crippen molar-refractivity contribution in [3.8, 4) is 10.7 Å². The highest BCUT2D eigenvalue weighted by molar-refractivity contribution is 7.98. The van der Waals surface area contributed by atoms with Crippen molar-refractivity contribution in [1.29, 1.82) is 0 Å². The summed E-state index contributed by atoms with van der Waals surface area (Å²) >= 11 is 3.23. The molecule has 3 aromatic rings. The molecule has 1 aromatic carbocycles. The fourth-order valence-corrected chi connectivity index (χ4v) is 4.45. The lowest BCUT2D eigenvalue weighted by atomic mass is 10.1. The summed E-state index contributed by atoms with van der Waals surface area (Å²) in [6.07, 6.45) is 4.01. The Hall–Kier alpha value is -2.38. The van der Waals surface area contributed by atoms with Gasteiger partial charge in [-0.05, 0) is 35.9 Å². The van der Waals surface area contributed by atoms with E-state index in [1.54, 1.807) is 23.1 Å². The summed E-state index contributed by atoms with van der Waals surface area (Å²) in [4.78, 5) is 13.6. The van der Waals surface area contributed by atoms with Crippen molar-refractivity contribution in [2.24, 2.45) is 0 Å². The second-order valence-corrected chi connectivity index (χ2v) is 8.27. The second-order valence-electron chi connectivity index (χ2n) is 6.38. The first-order valence-corrected chi connectivity index (χ1v) is 10.7. The van der Waals surface area contributed by atoms with Crippen molar-refractivity contribution in [1.82, 2.24) is 20.1 Å². The van der Waals surface area contributed by atoms with Gasteiger partial charge in [-0.1, -0.05) is 42.1 Å². The third kappa shape index (κ3) is 4.14. The molecule has 0 aliphatic heterocycles. The Kier molecular flexibility index (Phi) is 5.40. The third-order valence-corrected chi connectivity index (χ3v) is 6.18. The van der Waals surface area contributed by atoms with Gasteiger partial charge in [0.25, 0.3) is 5.91 Å². The van der Waals surface area contributed by atoms with Crippen LogP contribution in [-0.4, -0.2) is 26.7 Å². The van der Waals surface area contributed by atoms with Crippen LogP contribution >= 0.6 is 23.1 Å². The Morgan fingerprint density at radius 2 is 2.15 bits per heavy atom. The molecule has 5 nitrogen and oxygen atoms in total. The maximum atomic E-state index is 12.5. The van der Waals surface area contributed by atoms with Gasteiger partial charge in [-0.15, -0.1) is 28.1 Å². The zero-order valence-electron chi connectivity index (χ0n) is 14.8. The van der Waals surface area contributed by atoms with Gasteiger partial charge < -0.3 is 5.32 Å². The van der Waals surface area contributed by atoms with E-state index >= 15 is 0 Å². The maximum absolute atomic E-state index is 12.5. The lowest BCUT2D eigenvalue weighted by molar-refractivity contribution is 0.0950. The first-order chi connectivity index (χ1) is 13.3. The summed E-state index contributed by atoms with van der Waals surface area (Å²) in [6.45, 7) is 4.50. The third-order valence-electron chi connectivity index (χ3n) is 4.30. The molecule has 1 aliphatic rings. The van der Waals surface area contributed by atoms with Crippen LogP contribution in [0, 0.1) is 0 Å². The number of hydrogen-bond donors (Lipinski definition) is 1. The summed E-state index contributed by atoms with van der Waals surface area (Å²) in [5.74, 6) is 1.53. The molecule has 1 amide bonds. The molecule has 2 heterocycles. The van der Waals surface area contributed by atoms with E-state index in [0.29, 0.717) is 18.3 Å². The molecular formula is C20H20N4OS2. The monoisotopic (exact) mass is 396 g/mol. The van der Waals surface area contributed by atoms with Gasteiger partial charge in [0.05, 0.1) is 4.88 Å². The first kappa shape index (κ1) is 18.0. The topological polar surface area (TPSA) is 59.8 Å². The lowest BCUT2D eigenvalue weighted by Crippen LogP contribution is -2.26. The molecule has 0 atom stereocenters. The van der Waals surface area contributed by atoms with Gasteiger partial charge in [-0.3, -0.25) is 9.36 Å². The number of nitrogens with zero attached hydrogens (tertiary/aromatic N) is 3. The van der Waals surface area contributed by atoms with Crippen molar-refractivity contribution in [2.45, 2.75) is 36.3 Å². The number of aromatic nitrogens is 3. The van der Waals surface area contributed by atoms with E-state index in [1.807, 2.05) is 47.9 Å². The molecule has 0 bridgehead atoms. The summed E-state index contributed by atoms with van der Waals surface area (Å²) in [6, 6.07) is 12.2. The molecule has 1 fully saturated rings. The Balaban J connectivity index is 1.54. The summed E-state index contributed by atoms with van der Waals surface area (Å²) in [5, 5.41) is 14.7. The highest BCUT2D eigenvalue weighted by Gasteiger charge is 2.24. The van der Waals surface area contributed by atoms with Gasteiger partial charge in [0.2, 0.25) is 0 Å². The van der Waals surface area contributed by atoms with Crippen molar-refractivity contribution in [3.05, 3.63) is 65.6 Å². The Morgan fingerprint density at radius 1 is 1.30 bits per heavy atom. The lowest BCUT2D eigenvalue weighted by Gasteiger charge is -2.10. The predicted octanol–water partition coefficient (Wildman–Crippen LogP) is 4.38. The number of thioether (sulfide) groups is 1. The molecule has 27 heavy (non-hydrogen) atoms. The molecule has 0 radical (unpaired) electrons. The van der Waals surface area contributed by atoms with Crippen LogP contribution < -0.4 is 5.32 Å². The van der Waals surface area contributed by atoms with Crippen LogP contribution in [0.5, 0.6) is 0 Å². The summed E-state index contributed by atoms with van der Waals surface area (Å²) < 4.78 is 2.07. The number of rotatable bonds is 8. The Bertz CT molecular complexity index is 945. The number of nitrogens with one attached hydrogen (secondary N) is 1. The molecule has 0 unspecified atom stereocenters. The van der Waals surface area contributed by atoms with Crippen LogP contribution in [0.15, 0.2) is 59.6 Å². The van der Waals surface area contributed by atoms with E-state index in [0.717, 1.165) is 39.8 Å². The number of allylic oxidation sites excluding steroid dienone is 1. The SMILES string of the molecule is C=CCn1c(SCc2ccccc2C(=O)NC2CC2)nnc1-c1cccs1. The van der Waals surface area contributed by atoms with Crippen LogP contribution in [0.2, 0.25) is 0 Å². The minimum absolute atomic E-state index is 0.0144. The van der Waals surface area contributed by atoms with Crippen LogP contribution in [-0.2, 0) is 12.3 Å². The fraction of sp³-hybridized carbons (Fsp3) is 0.250. The minimum atomic E-state index is 0.0144. The number of amides is 1. The standard InChI is InChI=1S/C20H20N4OS2/c1-2-11-24-18(17-8-5-12-26-17)22-23-20(24)27-13-14-6-3-4-7-16(14)19(25)21-15-9-10-15/h2-8,12,15H,1,9-11,13H2,(H,21,25). The van der Waals surface area contributed by atoms with Crippen LogP contribution in [0.1, 0.15) is 28.8 Å². The molecule has 1 N–H and O–H groups in total. The van der Waals surface area contributed by atoms with Gasteiger partial charge in [0.15, 0.2) is 11.0 Å². The van der Waals surface area contributed by atoms with Crippen LogP contribution in [0.4, 0.5) is 0 Å². The van der Waals surface area contributed by atoms with Crippen molar-refractivity contribution >= 4 is 29.0 Å². The van der Waals surface area contributed by atoms with Gasteiger partial charge in [0.1, 0.15) is 0 Å². The minimum Gasteiger partial charge on any atom is -0.349 e. The number of carbonyl (C=O) groups is 1. The van der Waals surface area contributed by atoms with Crippen LogP contribution in [0.25, 0.3) is 10.7 Å². The van der Waals surface area contributed by atoms with E-state index in [1.165, 1.54) is 0 Å². The quantitative estimate of drug-likeness (QED) is 0.453. The van der Waals surface area contributed by atoms with Gasteiger partial charge in [-0.2, -0.15) is 0 Å². The van der Waals surface area contributed by atoms with Crippen molar-refractivity contribution in [2.75, 3.05) is 0 Å². The predicted molar refractivity (Wildman–Crippen MR) is 110 cm³/mol. The summed E-state index contributed by atoms with van der Waals surface area (Å²) in [5.41, 5.74) is 1.75. The van der Waals surface area contributed by atoms with Crippen molar-refractivity contribution < 1.29 is 4.79 Å². The molecule has 1 aliphatic carbocycles. The average Bonchev–Trinajstić information content (AvgIpc) is 3.17. The highest BCUT2D eigenvalue weighted by Crippen LogP contribution is 2.29. The van der Waals surface area contributed by atoms with E-state index in [4.69, 9.17) is 0 Å². The highest BCUT2D eigenvalue weighted by atomic mass is 32.2. The second kappa shape index (κ2) is 8.10. The van der Waals surface area contributed by atoms with Gasteiger partial charge >= 0.3 is 0 Å². The number of benzene rings is 1. The van der Waals surface area contributed by atoms with Crippen molar-refractivity contribution in [3.63, 3.8) is 0 Å². The first-order valence-electron chi connectivity index (χ1n) is 8.86.